The normalized spacial score (nSPS) is 13.1. The second-order valence-corrected chi connectivity index (χ2v) is 14.6. The smallest absolute Gasteiger partial charge is 0.261 e. The van der Waals surface area contributed by atoms with Crippen LogP contribution in [0, 0.1) is 13.8 Å². The van der Waals surface area contributed by atoms with Crippen molar-refractivity contribution in [3.05, 3.63) is 202 Å². The minimum atomic E-state index is -0.425. The van der Waals surface area contributed by atoms with Gasteiger partial charge in [-0.2, -0.15) is 0 Å². The van der Waals surface area contributed by atoms with E-state index in [0.29, 0.717) is 56.6 Å². The van der Waals surface area contributed by atoms with Gasteiger partial charge >= 0.3 is 0 Å². The highest BCUT2D eigenvalue weighted by atomic mass is 16.5. The van der Waals surface area contributed by atoms with Crippen molar-refractivity contribution in [3.8, 4) is 45.6 Å². The predicted molar refractivity (Wildman–Crippen MR) is 222 cm³/mol. The molecule has 0 aliphatic carbocycles. The van der Waals surface area contributed by atoms with Crippen molar-refractivity contribution in [3.63, 3.8) is 0 Å². The maximum absolute atomic E-state index is 13.8. The number of carbonyl (C=O) groups excluding carboxylic acids is 4. The Kier molecular flexibility index (Phi) is 9.54. The molecule has 288 valence electrons. The van der Waals surface area contributed by atoms with E-state index in [9.17, 15) is 19.2 Å². The summed E-state index contributed by atoms with van der Waals surface area (Å²) in [6.45, 7) is 4.12. The molecule has 0 fully saturated rings. The minimum absolute atomic E-state index is 0.0433. The molecule has 0 radical (unpaired) electrons. The topological polar surface area (TPSA) is 102 Å². The number of imide groups is 2. The average molecular weight is 777 g/mol. The van der Waals surface area contributed by atoms with Gasteiger partial charge in [0.1, 0.15) is 34.5 Å². The number of benzene rings is 7. The minimum Gasteiger partial charge on any atom is -0.457 e. The average Bonchev–Trinajstić information content (AvgIpc) is 3.61. The fraction of sp³-hybridized carbons (Fsp3) is 0.0800. The molecule has 2 aliphatic rings. The zero-order valence-electron chi connectivity index (χ0n) is 32.2. The van der Waals surface area contributed by atoms with Crippen LogP contribution < -0.4 is 14.2 Å². The van der Waals surface area contributed by atoms with E-state index in [4.69, 9.17) is 14.2 Å². The third kappa shape index (κ3) is 7.57. The van der Waals surface area contributed by atoms with Crippen LogP contribution in [0.4, 0.5) is 0 Å². The number of aryl methyl sites for hydroxylation is 2. The molecule has 9 nitrogen and oxygen atoms in total. The summed E-state index contributed by atoms with van der Waals surface area (Å²) < 4.78 is 18.2. The Bertz CT molecular complexity index is 2830. The van der Waals surface area contributed by atoms with E-state index in [1.165, 1.54) is 9.80 Å². The molecule has 7 aromatic carbocycles. The second-order valence-electron chi connectivity index (χ2n) is 14.6. The fourth-order valence-electron chi connectivity index (χ4n) is 7.30. The van der Waals surface area contributed by atoms with Crippen LogP contribution in [-0.4, -0.2) is 33.4 Å². The molecule has 7 aromatic rings. The molecule has 0 saturated carbocycles. The van der Waals surface area contributed by atoms with Gasteiger partial charge in [0.25, 0.3) is 23.6 Å². The summed E-state index contributed by atoms with van der Waals surface area (Å²) in [5.74, 6) is 2.12. The largest absolute Gasteiger partial charge is 0.457 e. The van der Waals surface area contributed by atoms with Crippen LogP contribution in [0.3, 0.4) is 0 Å². The molecule has 2 aliphatic heterocycles. The van der Waals surface area contributed by atoms with Crippen LogP contribution in [-0.2, 0) is 13.1 Å². The van der Waals surface area contributed by atoms with Crippen LogP contribution >= 0.6 is 0 Å². The lowest BCUT2D eigenvalue weighted by atomic mass is 9.97. The summed E-state index contributed by atoms with van der Waals surface area (Å²) in [6, 6.07) is 47.5. The third-order valence-corrected chi connectivity index (χ3v) is 10.3. The quantitative estimate of drug-likeness (QED) is 0.121. The molecule has 0 bridgehead atoms. The Balaban J connectivity index is 0.876. The molecule has 0 spiro atoms. The molecule has 9 rings (SSSR count). The Morgan fingerprint density at radius 1 is 0.356 bits per heavy atom. The molecule has 0 atom stereocenters. The summed E-state index contributed by atoms with van der Waals surface area (Å²) in [6.07, 6.45) is 0. The van der Waals surface area contributed by atoms with Crippen molar-refractivity contribution >= 4 is 23.6 Å². The first-order valence-electron chi connectivity index (χ1n) is 19.1. The molecule has 0 aromatic heterocycles. The van der Waals surface area contributed by atoms with Crippen molar-refractivity contribution in [2.45, 2.75) is 26.9 Å². The molecular weight excluding hydrogens is 741 g/mol. The van der Waals surface area contributed by atoms with E-state index >= 15 is 0 Å². The molecule has 2 heterocycles. The molecule has 0 unspecified atom stereocenters. The molecule has 59 heavy (non-hydrogen) atoms. The lowest BCUT2D eigenvalue weighted by molar-refractivity contribution is 0.0627. The number of carbonyl (C=O) groups is 4. The van der Waals surface area contributed by atoms with Crippen molar-refractivity contribution < 1.29 is 33.4 Å². The van der Waals surface area contributed by atoms with E-state index in [0.717, 1.165) is 22.4 Å². The van der Waals surface area contributed by atoms with Gasteiger partial charge in [0.15, 0.2) is 0 Å². The van der Waals surface area contributed by atoms with E-state index in [2.05, 4.69) is 0 Å². The maximum Gasteiger partial charge on any atom is 0.261 e. The number of amides is 4. The van der Waals surface area contributed by atoms with Gasteiger partial charge < -0.3 is 14.2 Å². The van der Waals surface area contributed by atoms with Gasteiger partial charge in [-0.25, -0.2) is 0 Å². The van der Waals surface area contributed by atoms with Gasteiger partial charge in [-0.3, -0.25) is 29.0 Å². The highest BCUT2D eigenvalue weighted by Crippen LogP contribution is 2.35. The van der Waals surface area contributed by atoms with Crippen LogP contribution in [0.2, 0.25) is 0 Å². The molecule has 9 heteroatoms. The van der Waals surface area contributed by atoms with Crippen LogP contribution in [0.5, 0.6) is 34.5 Å². The first-order chi connectivity index (χ1) is 28.6. The number of hydrogen-bond donors (Lipinski definition) is 0. The number of rotatable bonds is 11. The highest BCUT2D eigenvalue weighted by Gasteiger charge is 2.37. The number of ether oxygens (including phenoxy) is 3. The Labute approximate surface area is 340 Å². The van der Waals surface area contributed by atoms with Crippen molar-refractivity contribution in [2.24, 2.45) is 0 Å². The fourth-order valence-corrected chi connectivity index (χ4v) is 7.30. The Morgan fingerprint density at radius 3 is 1.25 bits per heavy atom. The van der Waals surface area contributed by atoms with Crippen molar-refractivity contribution in [1.82, 2.24) is 9.80 Å². The first kappa shape index (κ1) is 36.8. The standard InChI is InChI=1S/C50H36N2O7/c1-31-15-19-37(20-16-31)57-39-11-4-8-33(24-39)29-51-47(53)43-21-17-35(26-45(43)49(51)55)36-18-22-44-46(27-36)50(56)52(48(44)54)30-34-9-5-12-40(25-34)59-42-14-6-13-41(28-42)58-38-10-3-7-32(2)23-38/h3-28H,29-30H2,1-2H3. The number of fused-ring (bicyclic) bond motifs is 2. The van der Waals surface area contributed by atoms with Gasteiger partial charge in [0, 0.05) is 6.07 Å². The Hall–Kier alpha value is -7.78. The van der Waals surface area contributed by atoms with E-state index in [1.807, 2.05) is 117 Å². The van der Waals surface area contributed by atoms with Crippen LogP contribution in [0.15, 0.2) is 158 Å². The summed E-state index contributed by atoms with van der Waals surface area (Å²) in [5.41, 5.74) is 6.08. The summed E-state index contributed by atoms with van der Waals surface area (Å²) in [5, 5.41) is 0. The molecule has 0 N–H and O–H groups in total. The van der Waals surface area contributed by atoms with E-state index in [-0.39, 0.29) is 30.1 Å². The monoisotopic (exact) mass is 776 g/mol. The maximum atomic E-state index is 13.8. The third-order valence-electron chi connectivity index (χ3n) is 10.3. The predicted octanol–water partition coefficient (Wildman–Crippen LogP) is 10.9. The lowest BCUT2D eigenvalue weighted by Crippen LogP contribution is -2.29. The Morgan fingerprint density at radius 2 is 0.763 bits per heavy atom. The van der Waals surface area contributed by atoms with Crippen molar-refractivity contribution in [2.75, 3.05) is 0 Å². The summed E-state index contributed by atoms with van der Waals surface area (Å²) in [7, 11) is 0. The number of nitrogens with zero attached hydrogens (tertiary/aromatic N) is 2. The zero-order chi connectivity index (χ0) is 40.6. The van der Waals surface area contributed by atoms with Gasteiger partial charge in [0.2, 0.25) is 0 Å². The first-order valence-corrected chi connectivity index (χ1v) is 19.1. The summed E-state index contributed by atoms with van der Waals surface area (Å²) in [4.78, 5) is 56.9. The highest BCUT2D eigenvalue weighted by molar-refractivity contribution is 6.23. The second kappa shape index (κ2) is 15.3. The lowest BCUT2D eigenvalue weighted by Gasteiger charge is -2.15. The summed E-state index contributed by atoms with van der Waals surface area (Å²) >= 11 is 0. The molecular formula is C50H36N2O7. The van der Waals surface area contributed by atoms with E-state index < -0.39 is 17.7 Å². The van der Waals surface area contributed by atoms with Gasteiger partial charge in [0.05, 0.1) is 35.3 Å². The SMILES string of the molecule is Cc1ccc(Oc2cccc(CN3C(=O)c4ccc(-c5ccc6c(c5)C(=O)N(Cc5cccc(Oc7cccc(Oc8cccc(C)c8)c7)c5)C6=O)cc4C3=O)c2)cc1. The molecule has 0 saturated heterocycles. The van der Waals surface area contributed by atoms with Crippen LogP contribution in [0.25, 0.3) is 11.1 Å². The van der Waals surface area contributed by atoms with Gasteiger partial charge in [-0.05, 0) is 127 Å². The van der Waals surface area contributed by atoms with Gasteiger partial charge in [-0.15, -0.1) is 0 Å². The van der Waals surface area contributed by atoms with E-state index in [1.54, 1.807) is 54.6 Å². The van der Waals surface area contributed by atoms with Crippen molar-refractivity contribution in [1.29, 1.82) is 0 Å². The van der Waals surface area contributed by atoms with Gasteiger partial charge in [-0.1, -0.05) is 72.3 Å². The molecule has 4 amide bonds. The zero-order valence-corrected chi connectivity index (χ0v) is 32.2. The number of hydrogen-bond acceptors (Lipinski definition) is 7. The van der Waals surface area contributed by atoms with Crippen LogP contribution in [0.1, 0.15) is 63.7 Å².